The average Bonchev–Trinajstić information content (AvgIpc) is 4.00. The number of unbranched alkanes of at least 4 members (excludes halogenated alkanes) is 1. The molecule has 15 nitrogen and oxygen atoms in total. The van der Waals surface area contributed by atoms with Crippen LogP contribution in [0.2, 0.25) is 5.02 Å². The van der Waals surface area contributed by atoms with Crippen LogP contribution in [0.15, 0.2) is 18.5 Å². The topological polar surface area (TPSA) is 155 Å². The van der Waals surface area contributed by atoms with Crippen LogP contribution in [0.5, 0.6) is 11.9 Å². The van der Waals surface area contributed by atoms with Crippen molar-refractivity contribution in [2.45, 2.75) is 141 Å². The van der Waals surface area contributed by atoms with Gasteiger partial charge in [0.1, 0.15) is 35.2 Å². The Bertz CT molecular complexity index is 2330. The number of hydrogen-bond donors (Lipinski definition) is 1. The molecule has 63 heavy (non-hydrogen) atoms. The van der Waals surface area contributed by atoms with Crippen LogP contribution in [-0.4, -0.2) is 122 Å². The van der Waals surface area contributed by atoms with Gasteiger partial charge in [-0.1, -0.05) is 11.6 Å². The predicted octanol–water partition coefficient (Wildman–Crippen LogP) is 8.72. The number of nitrogens with one attached hydrogen (secondary N) is 1. The minimum atomic E-state index is -0.941. The molecule has 4 aliphatic rings. The Labute approximate surface area is 371 Å². The van der Waals surface area contributed by atoms with E-state index in [-0.39, 0.29) is 54.0 Å². The first kappa shape index (κ1) is 45.0. The fourth-order valence-corrected chi connectivity index (χ4v) is 9.56. The Morgan fingerprint density at radius 2 is 1.84 bits per heavy atom. The maximum atomic E-state index is 17.5. The number of pyridine rings is 1. The maximum Gasteiger partial charge on any atom is 0.410 e. The van der Waals surface area contributed by atoms with E-state index in [1.807, 2.05) is 47.6 Å². The van der Waals surface area contributed by atoms with Gasteiger partial charge in [0.25, 0.3) is 0 Å². The summed E-state index contributed by atoms with van der Waals surface area (Å²) < 4.78 is 63.5. The van der Waals surface area contributed by atoms with Crippen molar-refractivity contribution in [3.8, 4) is 23.1 Å². The van der Waals surface area contributed by atoms with E-state index >= 15 is 4.39 Å². The van der Waals surface area contributed by atoms with Crippen molar-refractivity contribution in [1.82, 2.24) is 39.8 Å². The summed E-state index contributed by atoms with van der Waals surface area (Å²) in [6, 6.07) is 1.52. The van der Waals surface area contributed by atoms with Crippen LogP contribution in [0.4, 0.5) is 18.4 Å². The number of alkyl carbamates (subject to hydrolysis) is 1. The fourth-order valence-electron chi connectivity index (χ4n) is 9.27. The largest absolute Gasteiger partial charge is 0.471 e. The highest BCUT2D eigenvalue weighted by molar-refractivity contribution is 6.33. The van der Waals surface area contributed by atoms with Gasteiger partial charge in [-0.15, -0.1) is 0 Å². The first-order chi connectivity index (χ1) is 30.0. The first-order valence-corrected chi connectivity index (χ1v) is 22.6. The van der Waals surface area contributed by atoms with Gasteiger partial charge in [-0.2, -0.15) is 15.1 Å². The van der Waals surface area contributed by atoms with Gasteiger partial charge in [0.05, 0.1) is 35.3 Å². The lowest BCUT2D eigenvalue weighted by atomic mass is 9.95. The quantitative estimate of drug-likeness (QED) is 0.135. The Morgan fingerprint density at radius 1 is 1.02 bits per heavy atom. The van der Waals surface area contributed by atoms with Crippen molar-refractivity contribution in [3.63, 3.8) is 0 Å². The van der Waals surface area contributed by atoms with Crippen LogP contribution in [0, 0.1) is 5.82 Å². The maximum absolute atomic E-state index is 17.5. The third-order valence-corrected chi connectivity index (χ3v) is 12.4. The van der Waals surface area contributed by atoms with Crippen molar-refractivity contribution in [2.24, 2.45) is 0 Å². The second kappa shape index (κ2) is 18.1. The summed E-state index contributed by atoms with van der Waals surface area (Å²) in [6.45, 7) is 13.9. The van der Waals surface area contributed by atoms with Gasteiger partial charge >= 0.3 is 18.2 Å². The molecular weight excluding hydrogens is 838 g/mol. The summed E-state index contributed by atoms with van der Waals surface area (Å²) >= 11 is 7.14. The number of ether oxygens (including phenoxy) is 5. The van der Waals surface area contributed by atoms with E-state index in [1.54, 1.807) is 15.8 Å². The van der Waals surface area contributed by atoms with Crippen molar-refractivity contribution in [1.29, 1.82) is 0 Å². The molecule has 1 N–H and O–H groups in total. The second-order valence-electron chi connectivity index (χ2n) is 19.3. The summed E-state index contributed by atoms with van der Waals surface area (Å²) in [5, 5.41) is 8.89. The average molecular weight is 897 g/mol. The van der Waals surface area contributed by atoms with Gasteiger partial charge in [-0.3, -0.25) is 9.88 Å². The summed E-state index contributed by atoms with van der Waals surface area (Å²) in [5.41, 5.74) is -0.0140. The minimum absolute atomic E-state index is 0.0183. The molecule has 4 fully saturated rings. The number of nitrogens with zero attached hydrogens (tertiary/aromatic N) is 7. The molecule has 4 atom stereocenters. The lowest BCUT2D eigenvalue weighted by molar-refractivity contribution is -0.0366. The summed E-state index contributed by atoms with van der Waals surface area (Å²) in [5.74, 6) is -0.598. The normalized spacial score (nSPS) is 23.1. The lowest BCUT2D eigenvalue weighted by Gasteiger charge is -2.31. The number of hydrogen-bond acceptors (Lipinski definition) is 12. The number of carbonyl (C=O) groups excluding carboxylic acids is 2. The molecule has 8 rings (SSSR count). The molecule has 1 aromatic carbocycles. The summed E-state index contributed by atoms with van der Waals surface area (Å²) in [4.78, 5) is 42.9. The SMILES string of the molecule is CC(C)(C)OC(=O)N1CC[C@@H](NC(=O)OCCCCc2c(Cl)cc3c(cnn3C3CCCCO3)c2-c2ncc3c(OC(C)(C)C)nc(OCC45CCCN4C[C@H](F)C5)nc3c2F)C1. The van der Waals surface area contributed by atoms with Crippen LogP contribution < -0.4 is 14.8 Å². The minimum Gasteiger partial charge on any atom is -0.471 e. The predicted molar refractivity (Wildman–Crippen MR) is 232 cm³/mol. The molecule has 3 aromatic heterocycles. The Hall–Kier alpha value is -4.61. The molecule has 0 bridgehead atoms. The molecule has 4 saturated heterocycles. The van der Waals surface area contributed by atoms with Gasteiger partial charge in [0.2, 0.25) is 5.88 Å². The van der Waals surface area contributed by atoms with Crippen LogP contribution in [0.3, 0.4) is 0 Å². The van der Waals surface area contributed by atoms with E-state index in [9.17, 15) is 14.0 Å². The molecule has 2 amide bonds. The lowest BCUT2D eigenvalue weighted by Crippen LogP contribution is -2.43. The van der Waals surface area contributed by atoms with Crippen molar-refractivity contribution >= 4 is 45.6 Å². The van der Waals surface area contributed by atoms with Gasteiger partial charge in [-0.05, 0) is 118 Å². The number of rotatable bonds is 12. The zero-order chi connectivity index (χ0) is 44.7. The highest BCUT2D eigenvalue weighted by atomic mass is 35.5. The molecule has 0 saturated carbocycles. The number of amides is 2. The van der Waals surface area contributed by atoms with E-state index < -0.39 is 40.9 Å². The van der Waals surface area contributed by atoms with E-state index in [4.69, 9.17) is 45.4 Å². The number of carbonyl (C=O) groups is 2. The number of aromatic nitrogens is 5. The molecule has 0 radical (unpaired) electrons. The molecule has 4 aliphatic heterocycles. The standard InChI is InChI=1S/C45H59ClF2N8O7/c1-43(2,3)62-39-31-22-49-38(36(48)37(31)52-40(53-39)61-26-45-15-11-16-55(45)24-27(47)21-45)35-29(32(46)20-33-30(35)23-50-56(33)34-13-8-10-18-59-34)12-7-9-19-60-41(57)51-28-14-17-54(25-28)42(58)63-44(4,5)6/h20,22-23,27-28,34H,7-19,21,24-26H2,1-6H3,(H,51,57)/t27-,28-,34?,45?/m1/s1. The number of benzene rings is 1. The van der Waals surface area contributed by atoms with Crippen molar-refractivity contribution in [3.05, 3.63) is 34.9 Å². The fraction of sp³-hybridized carbons (Fsp3) is 0.644. The van der Waals surface area contributed by atoms with E-state index in [2.05, 4.69) is 20.2 Å². The molecule has 342 valence electrons. The molecular formula is C45H59ClF2N8O7. The molecule has 4 aromatic rings. The number of fused-ring (bicyclic) bond motifs is 3. The van der Waals surface area contributed by atoms with Crippen LogP contribution in [0.25, 0.3) is 33.1 Å². The molecule has 0 aliphatic carbocycles. The highest BCUT2D eigenvalue weighted by Gasteiger charge is 2.49. The molecule has 2 unspecified atom stereocenters. The van der Waals surface area contributed by atoms with Crippen LogP contribution >= 0.6 is 11.6 Å². The molecule has 0 spiro atoms. The number of likely N-dealkylation sites (tertiary alicyclic amines) is 1. The van der Waals surface area contributed by atoms with Crippen molar-refractivity contribution < 1.29 is 42.1 Å². The summed E-state index contributed by atoms with van der Waals surface area (Å²) in [7, 11) is 0. The Kier molecular flexibility index (Phi) is 12.9. The third-order valence-electron chi connectivity index (χ3n) is 12.1. The Balaban J connectivity index is 1.05. The smallest absolute Gasteiger partial charge is 0.410 e. The van der Waals surface area contributed by atoms with Gasteiger partial charge in [-0.25, -0.2) is 23.1 Å². The monoisotopic (exact) mass is 896 g/mol. The Morgan fingerprint density at radius 3 is 2.60 bits per heavy atom. The first-order valence-electron chi connectivity index (χ1n) is 22.3. The highest BCUT2D eigenvalue weighted by Crippen LogP contribution is 2.43. The molecule has 7 heterocycles. The second-order valence-corrected chi connectivity index (χ2v) is 19.7. The van der Waals surface area contributed by atoms with Gasteiger partial charge in [0, 0.05) is 54.8 Å². The zero-order valence-corrected chi connectivity index (χ0v) is 37.9. The van der Waals surface area contributed by atoms with Crippen LogP contribution in [-0.2, 0) is 20.6 Å². The van der Waals surface area contributed by atoms with Crippen molar-refractivity contribution in [2.75, 3.05) is 46.0 Å². The summed E-state index contributed by atoms with van der Waals surface area (Å²) in [6.07, 6.45) is 7.80. The van der Waals surface area contributed by atoms with Gasteiger partial charge in [0.15, 0.2) is 12.0 Å². The number of alkyl halides is 1. The third kappa shape index (κ3) is 10.0. The van der Waals surface area contributed by atoms with Gasteiger partial charge < -0.3 is 33.9 Å². The number of halogens is 3. The zero-order valence-electron chi connectivity index (χ0n) is 37.1. The van der Waals surface area contributed by atoms with E-state index in [0.717, 1.165) is 38.6 Å². The van der Waals surface area contributed by atoms with E-state index in [0.29, 0.717) is 85.4 Å². The van der Waals surface area contributed by atoms with E-state index in [1.165, 1.54) is 6.20 Å². The molecule has 18 heteroatoms. The van der Waals surface area contributed by atoms with Crippen LogP contribution in [0.1, 0.15) is 111 Å².